The molecule has 2 aromatic carbocycles. The van der Waals surface area contributed by atoms with E-state index in [0.29, 0.717) is 19.8 Å². The van der Waals surface area contributed by atoms with Crippen molar-refractivity contribution in [3.8, 4) is 0 Å². The Hall–Kier alpha value is -2.65. The first-order valence-corrected chi connectivity index (χ1v) is 7.80. The summed E-state index contributed by atoms with van der Waals surface area (Å²) in [6.45, 7) is 2.02. The van der Waals surface area contributed by atoms with Gasteiger partial charge >= 0.3 is 0 Å². The fourth-order valence-corrected chi connectivity index (χ4v) is 3.05. The van der Waals surface area contributed by atoms with Gasteiger partial charge in [0, 0.05) is 22.4 Å². The third-order valence-corrected chi connectivity index (χ3v) is 4.29. The summed E-state index contributed by atoms with van der Waals surface area (Å²) in [4.78, 5) is 4.73. The number of nitrogens with two attached hydrogens (primary N) is 1. The van der Waals surface area contributed by atoms with E-state index in [1.807, 2.05) is 18.2 Å². The summed E-state index contributed by atoms with van der Waals surface area (Å²) in [7, 11) is 0. The van der Waals surface area contributed by atoms with E-state index in [4.69, 9.17) is 15.5 Å². The van der Waals surface area contributed by atoms with Gasteiger partial charge in [-0.2, -0.15) is 0 Å². The van der Waals surface area contributed by atoms with Gasteiger partial charge in [0.05, 0.1) is 25.5 Å². The molecule has 0 aromatic heterocycles. The molecule has 2 N–H and O–H groups in total. The van der Waals surface area contributed by atoms with Crippen molar-refractivity contribution in [1.82, 2.24) is 0 Å². The van der Waals surface area contributed by atoms with Gasteiger partial charge in [-0.25, -0.2) is 0 Å². The fraction of sp³-hybridized carbons (Fsp3) is 0.150. The highest BCUT2D eigenvalue weighted by Gasteiger charge is 2.15. The van der Waals surface area contributed by atoms with E-state index >= 15 is 0 Å². The van der Waals surface area contributed by atoms with Crippen molar-refractivity contribution in [3.63, 3.8) is 0 Å². The van der Waals surface area contributed by atoms with Crippen LogP contribution in [0.25, 0.3) is 11.3 Å². The largest absolute Gasteiger partial charge is 0.398 e. The Morgan fingerprint density at radius 3 is 2.35 bits per heavy atom. The van der Waals surface area contributed by atoms with Crippen LogP contribution in [0.15, 0.2) is 65.7 Å². The number of rotatable bonds is 2. The van der Waals surface area contributed by atoms with E-state index in [-0.39, 0.29) is 0 Å². The molecule has 114 valence electrons. The Balaban J connectivity index is 1.73. The minimum Gasteiger partial charge on any atom is -0.398 e. The summed E-state index contributed by atoms with van der Waals surface area (Å²) in [6.07, 6.45) is 4.11. The molecule has 0 spiro atoms. The molecule has 3 heteroatoms. The number of ether oxygens (including phenoxy) is 1. The first-order valence-electron chi connectivity index (χ1n) is 7.80. The molecule has 3 nitrogen and oxygen atoms in total. The van der Waals surface area contributed by atoms with Crippen molar-refractivity contribution in [2.75, 3.05) is 19.8 Å². The van der Waals surface area contributed by atoms with E-state index in [1.165, 1.54) is 11.1 Å². The Bertz CT molecular complexity index is 829. The summed E-state index contributed by atoms with van der Waals surface area (Å²) >= 11 is 0. The number of hydrogen-bond acceptors (Lipinski definition) is 3. The molecule has 4 rings (SSSR count). The Morgan fingerprint density at radius 1 is 0.870 bits per heavy atom. The van der Waals surface area contributed by atoms with Gasteiger partial charge in [-0.05, 0) is 17.2 Å². The van der Waals surface area contributed by atoms with Crippen LogP contribution < -0.4 is 5.73 Å². The number of benzene rings is 2. The van der Waals surface area contributed by atoms with Crippen molar-refractivity contribution in [1.29, 1.82) is 0 Å². The maximum absolute atomic E-state index is 6.16. The standard InChI is InChI=1S/C20H18N2O/c21-19-9-11-22-20(18-4-2-1-3-17(18)19)15-7-5-14(6-8-15)16-10-12-23-13-16/h1-10H,11-13,21H2. The highest BCUT2D eigenvalue weighted by Crippen LogP contribution is 2.24. The maximum atomic E-state index is 6.16. The number of fused-ring (bicyclic) bond motifs is 1. The Labute approximate surface area is 135 Å². The van der Waals surface area contributed by atoms with E-state index in [9.17, 15) is 0 Å². The van der Waals surface area contributed by atoms with Crippen LogP contribution in [0.4, 0.5) is 0 Å². The van der Waals surface area contributed by atoms with Crippen molar-refractivity contribution in [3.05, 3.63) is 82.9 Å². The molecule has 0 aliphatic carbocycles. The van der Waals surface area contributed by atoms with Gasteiger partial charge in [-0.3, -0.25) is 4.99 Å². The van der Waals surface area contributed by atoms with Gasteiger partial charge in [0.1, 0.15) is 0 Å². The van der Waals surface area contributed by atoms with Crippen molar-refractivity contribution >= 4 is 17.0 Å². The second-order valence-corrected chi connectivity index (χ2v) is 5.72. The summed E-state index contributed by atoms with van der Waals surface area (Å²) < 4.78 is 5.40. The molecule has 2 heterocycles. The zero-order chi connectivity index (χ0) is 15.6. The number of hydrogen-bond donors (Lipinski definition) is 1. The predicted molar refractivity (Wildman–Crippen MR) is 94.4 cm³/mol. The van der Waals surface area contributed by atoms with Gasteiger partial charge in [-0.1, -0.05) is 54.6 Å². The van der Waals surface area contributed by atoms with Crippen LogP contribution in [-0.2, 0) is 4.74 Å². The molecule has 23 heavy (non-hydrogen) atoms. The molecule has 0 amide bonds. The van der Waals surface area contributed by atoms with Gasteiger partial charge < -0.3 is 10.5 Å². The first kappa shape index (κ1) is 14.0. The summed E-state index contributed by atoms with van der Waals surface area (Å²) in [5.74, 6) is 0. The van der Waals surface area contributed by atoms with Crippen molar-refractivity contribution < 1.29 is 4.74 Å². The lowest BCUT2D eigenvalue weighted by Gasteiger charge is -2.11. The van der Waals surface area contributed by atoms with Crippen LogP contribution in [-0.4, -0.2) is 25.5 Å². The number of aliphatic imine (C=N–C) groups is 1. The molecule has 0 fully saturated rings. The lowest BCUT2D eigenvalue weighted by molar-refractivity contribution is 0.216. The van der Waals surface area contributed by atoms with Gasteiger partial charge in [0.15, 0.2) is 0 Å². The summed E-state index contributed by atoms with van der Waals surface area (Å²) in [5.41, 5.74) is 13.7. The molecule has 2 aromatic rings. The lowest BCUT2D eigenvalue weighted by Crippen LogP contribution is -2.07. The van der Waals surface area contributed by atoms with Gasteiger partial charge in [0.2, 0.25) is 0 Å². The molecule has 0 radical (unpaired) electrons. The Morgan fingerprint density at radius 2 is 1.61 bits per heavy atom. The molecule has 0 bridgehead atoms. The fourth-order valence-electron chi connectivity index (χ4n) is 3.05. The first-order chi connectivity index (χ1) is 11.3. The molecule has 0 unspecified atom stereocenters. The maximum Gasteiger partial charge on any atom is 0.0729 e. The van der Waals surface area contributed by atoms with E-state index in [1.54, 1.807) is 0 Å². The second-order valence-electron chi connectivity index (χ2n) is 5.72. The molecule has 0 atom stereocenters. The van der Waals surface area contributed by atoms with Crippen LogP contribution in [0.5, 0.6) is 0 Å². The SMILES string of the molecule is NC1=CCN=C(c2ccc(C3=CCOC3)cc2)c2ccccc21. The monoisotopic (exact) mass is 302 g/mol. The second kappa shape index (κ2) is 5.86. The predicted octanol–water partition coefficient (Wildman–Crippen LogP) is 3.25. The van der Waals surface area contributed by atoms with Crippen LogP contribution in [0.1, 0.15) is 22.3 Å². The third-order valence-electron chi connectivity index (χ3n) is 4.29. The van der Waals surface area contributed by atoms with Gasteiger partial charge in [-0.15, -0.1) is 0 Å². The molecule has 0 saturated heterocycles. The van der Waals surface area contributed by atoms with Crippen LogP contribution in [0.3, 0.4) is 0 Å². The smallest absolute Gasteiger partial charge is 0.0729 e. The lowest BCUT2D eigenvalue weighted by atomic mass is 9.95. The normalized spacial score (nSPS) is 17.0. The highest BCUT2D eigenvalue weighted by atomic mass is 16.5. The number of nitrogens with zero attached hydrogens (tertiary/aromatic N) is 1. The average Bonchev–Trinajstić information content (AvgIpc) is 3.08. The highest BCUT2D eigenvalue weighted by molar-refractivity contribution is 6.15. The molecule has 0 saturated carbocycles. The van der Waals surface area contributed by atoms with Crippen LogP contribution in [0, 0.1) is 0 Å². The van der Waals surface area contributed by atoms with E-state index < -0.39 is 0 Å². The average molecular weight is 302 g/mol. The van der Waals surface area contributed by atoms with E-state index in [0.717, 1.165) is 28.1 Å². The zero-order valence-electron chi connectivity index (χ0n) is 12.8. The van der Waals surface area contributed by atoms with Gasteiger partial charge in [0.25, 0.3) is 0 Å². The van der Waals surface area contributed by atoms with Crippen molar-refractivity contribution in [2.24, 2.45) is 10.7 Å². The van der Waals surface area contributed by atoms with Crippen LogP contribution in [0.2, 0.25) is 0 Å². The molecule has 2 aliphatic heterocycles. The Kier molecular flexibility index (Phi) is 3.56. The molecule has 2 aliphatic rings. The minimum absolute atomic E-state index is 0.608. The summed E-state index contributed by atoms with van der Waals surface area (Å²) in [5, 5.41) is 0. The topological polar surface area (TPSA) is 47.6 Å². The molecular weight excluding hydrogens is 284 g/mol. The quantitative estimate of drug-likeness (QED) is 0.925. The van der Waals surface area contributed by atoms with E-state index in [2.05, 4.69) is 42.5 Å². The minimum atomic E-state index is 0.608. The molecular formula is C20H18N2O. The van der Waals surface area contributed by atoms with Crippen molar-refractivity contribution in [2.45, 2.75) is 0 Å². The summed E-state index contributed by atoms with van der Waals surface area (Å²) in [6, 6.07) is 16.7. The van der Waals surface area contributed by atoms with Crippen LogP contribution >= 0.6 is 0 Å². The zero-order valence-corrected chi connectivity index (χ0v) is 12.8. The third kappa shape index (κ3) is 2.60.